The van der Waals surface area contributed by atoms with Gasteiger partial charge in [-0.05, 0) is 61.3 Å². The van der Waals surface area contributed by atoms with Crippen LogP contribution >= 0.6 is 11.6 Å². The van der Waals surface area contributed by atoms with Gasteiger partial charge in [-0.1, -0.05) is 39.0 Å². The summed E-state index contributed by atoms with van der Waals surface area (Å²) >= 11 is 6.80. The predicted molar refractivity (Wildman–Crippen MR) is 134 cm³/mol. The van der Waals surface area contributed by atoms with Crippen LogP contribution in [0.15, 0.2) is 23.8 Å². The van der Waals surface area contributed by atoms with Gasteiger partial charge < -0.3 is 24.1 Å². The quantitative estimate of drug-likeness (QED) is 0.307. The maximum absolute atomic E-state index is 13.6. The van der Waals surface area contributed by atoms with Crippen LogP contribution < -0.4 is 0 Å². The molecule has 0 amide bonds. The van der Waals surface area contributed by atoms with Crippen molar-refractivity contribution >= 4 is 23.9 Å². The summed E-state index contributed by atoms with van der Waals surface area (Å²) in [7, 11) is 0. The number of rotatable bonds is 6. The molecule has 6 nitrogen and oxygen atoms in total. The number of ether oxygens (including phenoxy) is 3. The maximum Gasteiger partial charge on any atom is 0.315 e. The van der Waals surface area contributed by atoms with Crippen molar-refractivity contribution in [3.05, 3.63) is 23.8 Å². The Hall–Kier alpha value is -1.21. The zero-order valence-electron chi connectivity index (χ0n) is 21.7. The average molecular weight is 519 g/mol. The Labute approximate surface area is 218 Å². The fourth-order valence-corrected chi connectivity index (χ4v) is 10.3. The topological polar surface area (TPSA) is 82.1 Å². The summed E-state index contributed by atoms with van der Waals surface area (Å²) in [5.74, 6) is -0.262. The Morgan fingerprint density at radius 2 is 2.08 bits per heavy atom. The first kappa shape index (κ1) is 25.1. The molecule has 3 saturated carbocycles. The fourth-order valence-electron chi connectivity index (χ4n) is 9.92. The van der Waals surface area contributed by atoms with Crippen molar-refractivity contribution in [1.82, 2.24) is 0 Å². The number of aldehydes is 1. The van der Waals surface area contributed by atoms with E-state index in [0.717, 1.165) is 17.4 Å². The minimum Gasteiger partial charge on any atom is -0.481 e. The number of allylic oxidation sites excluding steroid dienone is 1. The molecule has 8 unspecified atom stereocenters. The molecule has 4 aliphatic carbocycles. The molecular formula is C29H39ClO6. The van der Waals surface area contributed by atoms with Gasteiger partial charge in [0.2, 0.25) is 0 Å². The number of carboxylic acid groups (broad SMARTS) is 1. The molecule has 7 heteroatoms. The van der Waals surface area contributed by atoms with Gasteiger partial charge >= 0.3 is 5.97 Å². The van der Waals surface area contributed by atoms with Crippen LogP contribution in [0.5, 0.6) is 0 Å². The lowest BCUT2D eigenvalue weighted by Gasteiger charge is -2.58. The second-order valence-corrected chi connectivity index (χ2v) is 13.5. The molecule has 5 fully saturated rings. The van der Waals surface area contributed by atoms with Crippen LogP contribution in [-0.2, 0) is 23.8 Å². The number of fused-ring (bicyclic) bond motifs is 3. The summed E-state index contributed by atoms with van der Waals surface area (Å²) in [6.07, 6.45) is 5.27. The summed E-state index contributed by atoms with van der Waals surface area (Å²) in [6.45, 7) is 13.3. The van der Waals surface area contributed by atoms with E-state index in [1.807, 2.05) is 6.92 Å². The van der Waals surface area contributed by atoms with Gasteiger partial charge in [0.25, 0.3) is 0 Å². The molecular weight excluding hydrogens is 480 g/mol. The monoisotopic (exact) mass is 518 g/mol. The lowest BCUT2D eigenvalue weighted by Crippen LogP contribution is -2.63. The van der Waals surface area contributed by atoms with Crippen LogP contribution in [0.2, 0.25) is 0 Å². The number of carbonyl (C=O) groups is 2. The molecule has 0 spiro atoms. The standard InChI is InChI=1S/C29H39ClO6/c1-14(2)21-6-18-9-27(12-31)22-8-23(30)16(4)20(22)10-28(18,29(21,27)26(32)33)13-35-24-7-19-15(3)11-34-25(19)17(5)36-24/h6,12,14,16-20,22-25H,3,7-11,13H2,1-2,4-5H3,(H,32,33)/t16?,17?,18-,19?,20?,22?,23?,24?,25?,27-,28-,29-/m0/s1. The SMILES string of the molecule is C=C1COC2C(C)OC(OC[C@@]34CC5C(C)C(Cl)CC5[C@@]5(C=O)C[C@@H]3C=C(C(C)C)[C@@]45C(=O)O)CC12. The van der Waals surface area contributed by atoms with Crippen LogP contribution in [-0.4, -0.2) is 54.5 Å². The Morgan fingerprint density at radius 1 is 1.33 bits per heavy atom. The second-order valence-electron chi connectivity index (χ2n) is 12.9. The molecule has 0 radical (unpaired) electrons. The molecule has 0 aromatic rings. The summed E-state index contributed by atoms with van der Waals surface area (Å²) in [5, 5.41) is 11.1. The van der Waals surface area contributed by atoms with Crippen molar-refractivity contribution in [3.8, 4) is 0 Å². The number of hydrogen-bond acceptors (Lipinski definition) is 5. The van der Waals surface area contributed by atoms with E-state index in [9.17, 15) is 14.7 Å². The minimum atomic E-state index is -1.27. The summed E-state index contributed by atoms with van der Waals surface area (Å²) in [4.78, 5) is 26.8. The second kappa shape index (κ2) is 8.14. The summed E-state index contributed by atoms with van der Waals surface area (Å²) in [6, 6.07) is 0. The Balaban J connectivity index is 1.40. The molecule has 1 N–H and O–H groups in total. The van der Waals surface area contributed by atoms with E-state index in [1.165, 1.54) is 0 Å². The lowest BCUT2D eigenvalue weighted by atomic mass is 9.43. The van der Waals surface area contributed by atoms with Gasteiger partial charge in [0, 0.05) is 23.1 Å². The van der Waals surface area contributed by atoms with E-state index in [2.05, 4.69) is 33.4 Å². The van der Waals surface area contributed by atoms with Crippen molar-refractivity contribution in [3.63, 3.8) is 0 Å². The average Bonchev–Trinajstić information content (AvgIpc) is 3.49. The van der Waals surface area contributed by atoms with Crippen molar-refractivity contribution in [2.45, 2.75) is 77.3 Å². The summed E-state index contributed by atoms with van der Waals surface area (Å²) < 4.78 is 18.7. The number of aliphatic carboxylic acids is 1. The number of carbonyl (C=O) groups excluding carboxylic acids is 1. The highest BCUT2D eigenvalue weighted by Crippen LogP contribution is 2.82. The molecule has 4 bridgehead atoms. The van der Waals surface area contributed by atoms with Gasteiger partial charge in [0.15, 0.2) is 6.29 Å². The zero-order valence-corrected chi connectivity index (χ0v) is 22.5. The molecule has 36 heavy (non-hydrogen) atoms. The first-order valence-electron chi connectivity index (χ1n) is 13.7. The van der Waals surface area contributed by atoms with Gasteiger partial charge in [-0.25, -0.2) is 0 Å². The minimum absolute atomic E-state index is 0.00380. The van der Waals surface area contributed by atoms with E-state index in [0.29, 0.717) is 32.3 Å². The first-order chi connectivity index (χ1) is 17.0. The molecule has 0 aromatic carbocycles. The number of carboxylic acids is 1. The smallest absolute Gasteiger partial charge is 0.315 e. The molecule has 2 heterocycles. The van der Waals surface area contributed by atoms with E-state index < -0.39 is 28.5 Å². The third-order valence-corrected chi connectivity index (χ3v) is 11.9. The molecule has 6 aliphatic rings. The van der Waals surface area contributed by atoms with Crippen molar-refractivity contribution in [2.75, 3.05) is 13.2 Å². The third-order valence-electron chi connectivity index (χ3n) is 11.4. The van der Waals surface area contributed by atoms with Gasteiger partial charge in [0.05, 0.1) is 30.8 Å². The van der Waals surface area contributed by atoms with Gasteiger partial charge in [-0.2, -0.15) is 0 Å². The molecule has 0 aromatic heterocycles. The molecule has 2 aliphatic heterocycles. The van der Waals surface area contributed by atoms with E-state index in [1.54, 1.807) is 0 Å². The van der Waals surface area contributed by atoms with Gasteiger partial charge in [-0.3, -0.25) is 4.79 Å². The fraction of sp³-hybridized carbons (Fsp3) is 0.793. The van der Waals surface area contributed by atoms with Crippen LogP contribution in [0.4, 0.5) is 0 Å². The molecule has 198 valence electrons. The van der Waals surface area contributed by atoms with E-state index in [-0.39, 0.29) is 59.7 Å². The highest BCUT2D eigenvalue weighted by molar-refractivity contribution is 6.21. The molecule has 2 saturated heterocycles. The normalized spacial score (nSPS) is 52.9. The first-order valence-corrected chi connectivity index (χ1v) is 14.1. The van der Waals surface area contributed by atoms with E-state index >= 15 is 0 Å². The van der Waals surface area contributed by atoms with Gasteiger partial charge in [0.1, 0.15) is 11.7 Å². The van der Waals surface area contributed by atoms with Crippen LogP contribution in [0.1, 0.15) is 53.4 Å². The Morgan fingerprint density at radius 3 is 2.75 bits per heavy atom. The maximum atomic E-state index is 13.6. The van der Waals surface area contributed by atoms with Crippen LogP contribution in [0, 0.1) is 51.8 Å². The van der Waals surface area contributed by atoms with Crippen molar-refractivity contribution in [1.29, 1.82) is 0 Å². The third kappa shape index (κ3) is 2.80. The van der Waals surface area contributed by atoms with Crippen LogP contribution in [0.25, 0.3) is 0 Å². The highest BCUT2D eigenvalue weighted by atomic mass is 35.5. The predicted octanol–water partition coefficient (Wildman–Crippen LogP) is 4.85. The zero-order chi connectivity index (χ0) is 25.8. The van der Waals surface area contributed by atoms with Crippen LogP contribution in [0.3, 0.4) is 0 Å². The summed E-state index contributed by atoms with van der Waals surface area (Å²) in [5.41, 5.74) is -0.946. The Kier molecular flexibility index (Phi) is 5.68. The number of alkyl halides is 1. The largest absolute Gasteiger partial charge is 0.481 e. The molecule has 6 rings (SSSR count). The number of halogens is 1. The van der Waals surface area contributed by atoms with Crippen molar-refractivity contribution < 1.29 is 28.9 Å². The number of hydrogen-bond donors (Lipinski definition) is 1. The molecule has 12 atom stereocenters. The van der Waals surface area contributed by atoms with Crippen molar-refractivity contribution in [2.24, 2.45) is 51.8 Å². The van der Waals surface area contributed by atoms with E-state index in [4.69, 9.17) is 25.8 Å². The highest BCUT2D eigenvalue weighted by Gasteiger charge is 2.84. The van der Waals surface area contributed by atoms with Gasteiger partial charge in [-0.15, -0.1) is 11.6 Å². The lowest BCUT2D eigenvalue weighted by molar-refractivity contribution is -0.248. The Bertz CT molecular complexity index is 1020.